The zero-order valence-corrected chi connectivity index (χ0v) is 20.6. The second-order valence-corrected chi connectivity index (χ2v) is 8.82. The van der Waals surface area contributed by atoms with Gasteiger partial charge in [0.2, 0.25) is 5.88 Å². The number of aromatic nitrogens is 1. The van der Waals surface area contributed by atoms with E-state index in [1.807, 2.05) is 62.4 Å². The number of benzene rings is 4. The van der Waals surface area contributed by atoms with Gasteiger partial charge in [0.1, 0.15) is 5.69 Å². The van der Waals surface area contributed by atoms with Gasteiger partial charge in [-0.25, -0.2) is 4.79 Å². The third-order valence-electron chi connectivity index (χ3n) is 6.15. The molecule has 0 saturated carbocycles. The molecule has 1 aromatic heterocycles. The molecule has 7 heteroatoms. The Kier molecular flexibility index (Phi) is 6.19. The van der Waals surface area contributed by atoms with Crippen LogP contribution in [0.25, 0.3) is 27.7 Å². The zero-order valence-electron chi connectivity index (χ0n) is 20.6. The van der Waals surface area contributed by atoms with E-state index < -0.39 is 5.97 Å². The number of ether oxygens (including phenoxy) is 1. The molecule has 0 radical (unpaired) electrons. The average Bonchev–Trinajstić information content (AvgIpc) is 3.18. The van der Waals surface area contributed by atoms with E-state index in [2.05, 4.69) is 16.3 Å². The Morgan fingerprint density at radius 3 is 2.32 bits per heavy atom. The zero-order chi connectivity index (χ0) is 26.1. The van der Waals surface area contributed by atoms with E-state index in [-0.39, 0.29) is 23.0 Å². The van der Waals surface area contributed by atoms with Gasteiger partial charge in [0.15, 0.2) is 11.4 Å². The van der Waals surface area contributed by atoms with Crippen LogP contribution in [0.5, 0.6) is 11.6 Å². The molecule has 0 amide bonds. The summed E-state index contributed by atoms with van der Waals surface area (Å²) in [6, 6.07) is 25.5. The van der Waals surface area contributed by atoms with Gasteiger partial charge in [0, 0.05) is 16.6 Å². The van der Waals surface area contributed by atoms with Gasteiger partial charge in [-0.05, 0) is 49.7 Å². The third-order valence-corrected chi connectivity index (χ3v) is 6.15. The second kappa shape index (κ2) is 9.62. The average molecular weight is 492 g/mol. The molecule has 0 bridgehead atoms. The van der Waals surface area contributed by atoms with Gasteiger partial charge in [-0.2, -0.15) is 0 Å². The number of hydrogen-bond donors (Lipinski definition) is 2. The van der Waals surface area contributed by atoms with Crippen LogP contribution >= 0.6 is 0 Å². The summed E-state index contributed by atoms with van der Waals surface area (Å²) in [7, 11) is 1.32. The largest absolute Gasteiger partial charge is 0.505 e. The van der Waals surface area contributed by atoms with Crippen LogP contribution in [0.15, 0.2) is 95.2 Å². The fourth-order valence-corrected chi connectivity index (χ4v) is 4.54. The summed E-state index contributed by atoms with van der Waals surface area (Å²) in [5.41, 5.74) is 5.85. The minimum atomic E-state index is -0.475. The number of aryl methyl sites for hydroxylation is 2. The lowest BCUT2D eigenvalue weighted by Crippen LogP contribution is -2.02. The predicted molar refractivity (Wildman–Crippen MR) is 143 cm³/mol. The lowest BCUT2D eigenvalue weighted by Gasteiger charge is -2.09. The van der Waals surface area contributed by atoms with Gasteiger partial charge in [0.25, 0.3) is 0 Å². The summed E-state index contributed by atoms with van der Waals surface area (Å²) >= 11 is 0. The number of phenols is 1. The van der Waals surface area contributed by atoms with Crippen molar-refractivity contribution in [1.82, 2.24) is 4.57 Å². The van der Waals surface area contributed by atoms with Crippen LogP contribution < -0.4 is 0 Å². The molecule has 0 unspecified atom stereocenters. The Morgan fingerprint density at radius 1 is 0.838 bits per heavy atom. The molecule has 7 nitrogen and oxygen atoms in total. The van der Waals surface area contributed by atoms with Gasteiger partial charge in [-0.15, -0.1) is 10.2 Å². The van der Waals surface area contributed by atoms with Crippen LogP contribution in [0.4, 0.5) is 11.4 Å². The molecule has 4 aromatic carbocycles. The first-order chi connectivity index (χ1) is 17.9. The highest BCUT2D eigenvalue weighted by molar-refractivity contribution is 5.97. The molecule has 0 fully saturated rings. The Bertz CT molecular complexity index is 1660. The molecule has 0 aliphatic heterocycles. The van der Waals surface area contributed by atoms with Crippen molar-refractivity contribution in [1.29, 1.82) is 0 Å². The Labute approximate surface area is 213 Å². The number of carbonyl (C=O) groups excluding carboxylic acids is 1. The van der Waals surface area contributed by atoms with Crippen LogP contribution in [0.1, 0.15) is 21.5 Å². The maximum Gasteiger partial charge on any atom is 0.337 e. The normalized spacial score (nSPS) is 11.3. The molecule has 2 N–H and O–H groups in total. The molecule has 0 aliphatic carbocycles. The summed E-state index contributed by atoms with van der Waals surface area (Å²) in [6.07, 6.45) is 0. The van der Waals surface area contributed by atoms with Crippen LogP contribution in [0.3, 0.4) is 0 Å². The highest BCUT2D eigenvalue weighted by Crippen LogP contribution is 2.43. The topological polar surface area (TPSA) is 96.4 Å². The number of fused-ring (bicyclic) bond motifs is 1. The minimum absolute atomic E-state index is 0.00487. The number of azo groups is 1. The van der Waals surface area contributed by atoms with Gasteiger partial charge < -0.3 is 14.9 Å². The summed E-state index contributed by atoms with van der Waals surface area (Å²) in [5.74, 6) is -0.612. The first kappa shape index (κ1) is 23.8. The fourth-order valence-electron chi connectivity index (χ4n) is 4.54. The molecule has 0 saturated heterocycles. The van der Waals surface area contributed by atoms with Crippen LogP contribution in [0.2, 0.25) is 0 Å². The van der Waals surface area contributed by atoms with Crippen molar-refractivity contribution in [3.05, 3.63) is 102 Å². The number of para-hydroxylation sites is 2. The number of phenolic OH excluding ortho intramolecular Hbond substituents is 1. The number of carbonyl (C=O) groups is 1. The van der Waals surface area contributed by atoms with E-state index in [0.29, 0.717) is 27.7 Å². The third kappa shape index (κ3) is 4.43. The van der Waals surface area contributed by atoms with Crippen molar-refractivity contribution in [3.8, 4) is 28.4 Å². The summed E-state index contributed by atoms with van der Waals surface area (Å²) < 4.78 is 6.43. The molecular formula is C30H25N3O4. The van der Waals surface area contributed by atoms with E-state index in [9.17, 15) is 15.0 Å². The number of aromatic hydroxyl groups is 2. The molecule has 184 valence electrons. The van der Waals surface area contributed by atoms with Crippen LogP contribution in [0, 0.1) is 13.8 Å². The fraction of sp³-hybridized carbons (Fsp3) is 0.100. The smallest absolute Gasteiger partial charge is 0.337 e. The van der Waals surface area contributed by atoms with E-state index in [0.717, 1.165) is 16.7 Å². The van der Waals surface area contributed by atoms with E-state index in [1.165, 1.54) is 7.11 Å². The standard InChI is InChI=1S/C30H25N3O4/c1-18-14-19(2)16-21(15-18)23-11-7-12-25(28(23)34)31-32-27-24-10-4-5-13-26(24)33(29(27)35)22-9-6-8-20(17-22)30(36)37-3/h4-17,34-35H,1-3H3. The Morgan fingerprint density at radius 2 is 1.57 bits per heavy atom. The van der Waals surface area contributed by atoms with Crippen molar-refractivity contribution < 1.29 is 19.7 Å². The monoisotopic (exact) mass is 491 g/mol. The number of methoxy groups -OCH3 is 1. The van der Waals surface area contributed by atoms with Crippen molar-refractivity contribution in [2.45, 2.75) is 13.8 Å². The SMILES string of the molecule is COC(=O)c1cccc(-n2c(O)c(N=Nc3cccc(-c4cc(C)cc(C)c4)c3O)c3ccccc32)c1. The van der Waals surface area contributed by atoms with Crippen molar-refractivity contribution in [2.75, 3.05) is 7.11 Å². The van der Waals surface area contributed by atoms with Crippen molar-refractivity contribution >= 4 is 28.2 Å². The van der Waals surface area contributed by atoms with Crippen LogP contribution in [-0.4, -0.2) is 27.9 Å². The van der Waals surface area contributed by atoms with Crippen molar-refractivity contribution in [3.63, 3.8) is 0 Å². The molecule has 5 rings (SSSR count). The quantitative estimate of drug-likeness (QED) is 0.196. The van der Waals surface area contributed by atoms with E-state index in [1.54, 1.807) is 34.9 Å². The predicted octanol–water partition coefficient (Wildman–Crippen LogP) is 7.53. The number of rotatable bonds is 5. The van der Waals surface area contributed by atoms with E-state index >= 15 is 0 Å². The molecule has 1 heterocycles. The molecule has 5 aromatic rings. The minimum Gasteiger partial charge on any atom is -0.505 e. The second-order valence-electron chi connectivity index (χ2n) is 8.82. The molecule has 0 atom stereocenters. The lowest BCUT2D eigenvalue weighted by atomic mass is 9.99. The summed E-state index contributed by atoms with van der Waals surface area (Å²) in [5, 5.41) is 31.6. The van der Waals surface area contributed by atoms with E-state index in [4.69, 9.17) is 4.74 Å². The van der Waals surface area contributed by atoms with Gasteiger partial charge in [-0.3, -0.25) is 4.57 Å². The van der Waals surface area contributed by atoms with Crippen LogP contribution in [-0.2, 0) is 4.74 Å². The van der Waals surface area contributed by atoms with Gasteiger partial charge in [-0.1, -0.05) is 65.7 Å². The lowest BCUT2D eigenvalue weighted by molar-refractivity contribution is 0.0600. The number of hydrogen-bond acceptors (Lipinski definition) is 6. The highest BCUT2D eigenvalue weighted by Gasteiger charge is 2.19. The Balaban J connectivity index is 1.61. The molecule has 0 spiro atoms. The molecule has 0 aliphatic rings. The first-order valence-electron chi connectivity index (χ1n) is 11.7. The highest BCUT2D eigenvalue weighted by atomic mass is 16.5. The number of esters is 1. The number of nitrogens with zero attached hydrogens (tertiary/aromatic N) is 3. The maximum absolute atomic E-state index is 12.1. The summed E-state index contributed by atoms with van der Waals surface area (Å²) in [4.78, 5) is 12.1. The molecular weight excluding hydrogens is 466 g/mol. The summed E-state index contributed by atoms with van der Waals surface area (Å²) in [6.45, 7) is 4.02. The first-order valence-corrected chi connectivity index (χ1v) is 11.7. The van der Waals surface area contributed by atoms with Gasteiger partial charge >= 0.3 is 5.97 Å². The van der Waals surface area contributed by atoms with Gasteiger partial charge in [0.05, 0.1) is 18.2 Å². The van der Waals surface area contributed by atoms with Crippen molar-refractivity contribution in [2.24, 2.45) is 10.2 Å². The molecule has 37 heavy (non-hydrogen) atoms. The maximum atomic E-state index is 12.1. The Hall–Kier alpha value is -4.91.